The van der Waals surface area contributed by atoms with Crippen molar-refractivity contribution in [2.75, 3.05) is 0 Å². The first-order valence-electron chi connectivity index (χ1n) is 3.20. The summed E-state index contributed by atoms with van der Waals surface area (Å²) in [4.78, 5) is 3.64. The van der Waals surface area contributed by atoms with Gasteiger partial charge in [0, 0.05) is 10.1 Å². The second-order valence-corrected chi connectivity index (χ2v) is 4.34. The molecule has 0 N–H and O–H groups in total. The average Bonchev–Trinajstić information content (AvgIpc) is 2.42. The van der Waals surface area contributed by atoms with E-state index in [4.69, 9.17) is 16.0 Å². The molecule has 0 saturated heterocycles. The first kappa shape index (κ1) is 9.30. The van der Waals surface area contributed by atoms with Gasteiger partial charge in [0.15, 0.2) is 6.08 Å². The summed E-state index contributed by atoms with van der Waals surface area (Å²) in [6.07, 6.45) is -0.620. The summed E-state index contributed by atoms with van der Waals surface area (Å²) in [7, 11) is 0. The normalized spacial score (nSPS) is 11.0. The Balaban J connectivity index is 2.92. The summed E-state index contributed by atoms with van der Waals surface area (Å²) in [6.45, 7) is 0. The maximum Gasteiger partial charge on any atom is 0.156 e. The van der Waals surface area contributed by atoms with Gasteiger partial charge in [-0.1, -0.05) is 11.6 Å². The molecule has 0 bridgehead atoms. The third-order valence-electron chi connectivity index (χ3n) is 1.50. The molecule has 0 unspecified atom stereocenters. The van der Waals surface area contributed by atoms with Crippen molar-refractivity contribution in [1.82, 2.24) is 4.98 Å². The Morgan fingerprint density at radius 2 is 2.15 bits per heavy atom. The van der Waals surface area contributed by atoms with Gasteiger partial charge in [0.05, 0.1) is 15.0 Å². The van der Waals surface area contributed by atoms with Crippen molar-refractivity contribution in [2.24, 2.45) is 0 Å². The second-order valence-electron chi connectivity index (χ2n) is 2.31. The van der Waals surface area contributed by atoms with Crippen molar-refractivity contribution in [1.29, 1.82) is 0 Å². The molecule has 1 aromatic heterocycles. The second kappa shape index (κ2) is 3.15. The molecule has 13 heavy (non-hydrogen) atoms. The molecule has 6 heteroatoms. The molecule has 0 atom stereocenters. The lowest BCUT2D eigenvalue weighted by Crippen LogP contribution is -1.86. The Hall–Kier alpha value is -0.260. The van der Waals surface area contributed by atoms with Crippen LogP contribution in [0.5, 0.6) is 6.08 Å². The minimum absolute atomic E-state index is 0.410. The minimum atomic E-state index is -0.620. The number of aromatic nitrogens is 1. The van der Waals surface area contributed by atoms with Crippen LogP contribution in [0.2, 0.25) is 5.02 Å². The smallest absolute Gasteiger partial charge is 0.156 e. The first-order valence-corrected chi connectivity index (χ1v) is 5.17. The van der Waals surface area contributed by atoms with Crippen molar-refractivity contribution in [2.45, 2.75) is 0 Å². The SMILES string of the molecule is [O-]c1nc2c(Br)c(Cl)c(Br)cc2o1. The number of hydrogen-bond donors (Lipinski definition) is 0. The van der Waals surface area contributed by atoms with Crippen molar-refractivity contribution < 1.29 is 9.52 Å². The van der Waals surface area contributed by atoms with Crippen molar-refractivity contribution >= 4 is 54.6 Å². The molecule has 0 spiro atoms. The highest BCUT2D eigenvalue weighted by Crippen LogP contribution is 2.37. The van der Waals surface area contributed by atoms with Crippen LogP contribution in [0.3, 0.4) is 0 Å². The van der Waals surface area contributed by atoms with Crippen LogP contribution in [0.4, 0.5) is 0 Å². The van der Waals surface area contributed by atoms with Crippen LogP contribution in [0.25, 0.3) is 11.1 Å². The van der Waals surface area contributed by atoms with Gasteiger partial charge in [0.2, 0.25) is 0 Å². The van der Waals surface area contributed by atoms with Gasteiger partial charge in [-0.25, -0.2) is 4.98 Å². The number of fused-ring (bicyclic) bond motifs is 1. The van der Waals surface area contributed by atoms with Crippen molar-refractivity contribution in [3.63, 3.8) is 0 Å². The number of oxazole rings is 1. The summed E-state index contributed by atoms with van der Waals surface area (Å²) < 4.78 is 6.02. The maximum absolute atomic E-state index is 10.8. The molecule has 0 fully saturated rings. The highest BCUT2D eigenvalue weighted by molar-refractivity contribution is 9.11. The lowest BCUT2D eigenvalue weighted by atomic mass is 10.3. The fourth-order valence-corrected chi connectivity index (χ4v) is 2.27. The van der Waals surface area contributed by atoms with E-state index < -0.39 is 6.08 Å². The van der Waals surface area contributed by atoms with E-state index >= 15 is 0 Å². The van der Waals surface area contributed by atoms with E-state index in [1.807, 2.05) is 0 Å². The number of hydrogen-bond acceptors (Lipinski definition) is 3. The van der Waals surface area contributed by atoms with Gasteiger partial charge in [0.25, 0.3) is 0 Å². The molecule has 3 nitrogen and oxygen atoms in total. The van der Waals surface area contributed by atoms with E-state index in [2.05, 4.69) is 36.8 Å². The summed E-state index contributed by atoms with van der Waals surface area (Å²) in [6, 6.07) is 1.61. The molecule has 0 aliphatic rings. The minimum Gasteiger partial charge on any atom is -0.564 e. The molecular weight excluding hydrogens is 325 g/mol. The van der Waals surface area contributed by atoms with Gasteiger partial charge in [-0.3, -0.25) is 0 Å². The molecule has 2 rings (SSSR count). The zero-order chi connectivity index (χ0) is 9.59. The third-order valence-corrected chi connectivity index (χ3v) is 3.75. The van der Waals surface area contributed by atoms with E-state index in [0.717, 1.165) is 0 Å². The Morgan fingerprint density at radius 1 is 1.46 bits per heavy atom. The summed E-state index contributed by atoms with van der Waals surface area (Å²) in [5.74, 6) is 0. The predicted octanol–water partition coefficient (Wildman–Crippen LogP) is 3.08. The van der Waals surface area contributed by atoms with Gasteiger partial charge in [-0.05, 0) is 37.9 Å². The quantitative estimate of drug-likeness (QED) is 0.699. The molecule has 0 aliphatic heterocycles. The number of rotatable bonds is 0. The van der Waals surface area contributed by atoms with Crippen molar-refractivity contribution in [3.05, 3.63) is 20.0 Å². The zero-order valence-electron chi connectivity index (χ0n) is 5.97. The van der Waals surface area contributed by atoms with Gasteiger partial charge in [0.1, 0.15) is 0 Å². The van der Waals surface area contributed by atoms with E-state index in [1.165, 1.54) is 0 Å². The largest absolute Gasteiger partial charge is 0.564 e. The van der Waals surface area contributed by atoms with Gasteiger partial charge in [-0.2, -0.15) is 0 Å². The Morgan fingerprint density at radius 3 is 2.85 bits per heavy atom. The lowest BCUT2D eigenvalue weighted by Gasteiger charge is -2.00. The third kappa shape index (κ3) is 1.45. The van der Waals surface area contributed by atoms with E-state index in [1.54, 1.807) is 6.07 Å². The standard InChI is InChI=1S/C7H2Br2ClNO2/c8-2-1-3-6(4(9)5(2)10)11-7(12)13-3/h1H,(H,11,12)/p-1. The van der Waals surface area contributed by atoms with E-state index in [9.17, 15) is 5.11 Å². The number of nitrogens with zero attached hydrogens (tertiary/aromatic N) is 1. The fraction of sp³-hybridized carbons (Fsp3) is 0. The number of benzene rings is 1. The summed E-state index contributed by atoms with van der Waals surface area (Å²) in [5, 5.41) is 11.3. The first-order chi connectivity index (χ1) is 6.09. The zero-order valence-corrected chi connectivity index (χ0v) is 9.90. The van der Waals surface area contributed by atoms with Crippen LogP contribution >= 0.6 is 43.5 Å². The van der Waals surface area contributed by atoms with Crippen LogP contribution in [-0.2, 0) is 0 Å². The van der Waals surface area contributed by atoms with Crippen LogP contribution in [0, 0.1) is 0 Å². The van der Waals surface area contributed by atoms with Gasteiger partial charge < -0.3 is 9.52 Å². The molecular formula is C7HBr2ClNO2-. The van der Waals surface area contributed by atoms with Crippen LogP contribution < -0.4 is 5.11 Å². The molecule has 68 valence electrons. The van der Waals surface area contributed by atoms with Crippen LogP contribution in [0.15, 0.2) is 19.4 Å². The van der Waals surface area contributed by atoms with E-state index in [-0.39, 0.29) is 0 Å². The Labute approximate surface area is 95.0 Å². The molecule has 1 aromatic carbocycles. The van der Waals surface area contributed by atoms with Crippen LogP contribution in [0.1, 0.15) is 0 Å². The average molecular weight is 326 g/mol. The monoisotopic (exact) mass is 324 g/mol. The Bertz CT molecular complexity index is 483. The molecule has 0 aliphatic carbocycles. The summed E-state index contributed by atoms with van der Waals surface area (Å²) in [5.41, 5.74) is 0.853. The molecule has 2 aromatic rings. The predicted molar refractivity (Wildman–Crippen MR) is 53.9 cm³/mol. The van der Waals surface area contributed by atoms with Gasteiger partial charge in [-0.15, -0.1) is 0 Å². The topological polar surface area (TPSA) is 49.1 Å². The van der Waals surface area contributed by atoms with Crippen LogP contribution in [-0.4, -0.2) is 4.98 Å². The lowest BCUT2D eigenvalue weighted by molar-refractivity contribution is -0.299. The van der Waals surface area contributed by atoms with E-state index in [0.29, 0.717) is 25.1 Å². The Kier molecular flexibility index (Phi) is 2.25. The highest BCUT2D eigenvalue weighted by atomic mass is 79.9. The maximum atomic E-state index is 10.8. The fourth-order valence-electron chi connectivity index (χ4n) is 0.954. The van der Waals surface area contributed by atoms with Crippen molar-refractivity contribution in [3.8, 4) is 6.08 Å². The highest BCUT2D eigenvalue weighted by Gasteiger charge is 2.09. The number of halogens is 3. The molecule has 0 amide bonds. The molecule has 1 heterocycles. The molecule has 0 radical (unpaired) electrons. The molecule has 0 saturated carbocycles. The summed E-state index contributed by atoms with van der Waals surface area (Å²) >= 11 is 12.3. The van der Waals surface area contributed by atoms with Gasteiger partial charge >= 0.3 is 0 Å².